The Morgan fingerprint density at radius 2 is 1.96 bits per heavy atom. The number of aliphatic imine (C=N–C) groups is 1. The highest BCUT2D eigenvalue weighted by atomic mass is 32.2. The highest BCUT2D eigenvalue weighted by Crippen LogP contribution is 2.20. The number of nitrogens with zero attached hydrogens (tertiary/aromatic N) is 2. The lowest BCUT2D eigenvalue weighted by Gasteiger charge is -2.32. The summed E-state index contributed by atoms with van der Waals surface area (Å²) in [5, 5.41) is 6.45. The Kier molecular flexibility index (Phi) is 6.39. The lowest BCUT2D eigenvalue weighted by atomic mass is 9.98. The molecule has 0 aromatic heterocycles. The van der Waals surface area contributed by atoms with Crippen LogP contribution in [-0.4, -0.2) is 50.6 Å². The Hall–Kier alpha value is -1.77. The number of benzene rings is 1. The number of nitrogens with one attached hydrogen (secondary N) is 2. The quantitative estimate of drug-likeness (QED) is 0.751. The van der Waals surface area contributed by atoms with E-state index in [2.05, 4.69) is 15.6 Å². The van der Waals surface area contributed by atoms with Gasteiger partial charge in [0.1, 0.15) is 5.82 Å². The average molecular weight is 380 g/mol. The molecule has 0 saturated carbocycles. The van der Waals surface area contributed by atoms with Gasteiger partial charge in [0.25, 0.3) is 0 Å². The molecule has 0 spiro atoms. The van der Waals surface area contributed by atoms with Crippen molar-refractivity contribution in [3.63, 3.8) is 0 Å². The van der Waals surface area contributed by atoms with Crippen LogP contribution in [0.25, 0.3) is 0 Å². The van der Waals surface area contributed by atoms with Crippen LogP contribution in [-0.2, 0) is 16.4 Å². The molecule has 1 unspecified atom stereocenters. The standard InChI is InChI=1S/C18H25FN4O2S/c19-17-4-2-15(3-5-17)8-13-26(24,25)23-11-6-16(7-12-23)14-22-18-20-9-1-10-21-18/h1-5,9-10,16,18,20,22H,6-8,11-14H2. The molecule has 2 heterocycles. The van der Waals surface area contributed by atoms with Crippen LogP contribution in [0.1, 0.15) is 18.4 Å². The third-order valence-electron chi connectivity index (χ3n) is 4.80. The summed E-state index contributed by atoms with van der Waals surface area (Å²) in [6.45, 7) is 1.92. The van der Waals surface area contributed by atoms with Crippen molar-refractivity contribution in [2.24, 2.45) is 10.9 Å². The van der Waals surface area contributed by atoms with E-state index in [0.29, 0.717) is 25.4 Å². The number of hydrogen-bond donors (Lipinski definition) is 2. The molecule has 3 rings (SSSR count). The van der Waals surface area contributed by atoms with Gasteiger partial charge < -0.3 is 5.32 Å². The van der Waals surface area contributed by atoms with Gasteiger partial charge in [-0.1, -0.05) is 12.1 Å². The van der Waals surface area contributed by atoms with Gasteiger partial charge in [-0.05, 0) is 49.0 Å². The van der Waals surface area contributed by atoms with Crippen LogP contribution in [0.2, 0.25) is 0 Å². The lowest BCUT2D eigenvalue weighted by molar-refractivity contribution is 0.259. The predicted octanol–water partition coefficient (Wildman–Crippen LogP) is 1.47. The third kappa shape index (κ3) is 5.36. The Morgan fingerprint density at radius 1 is 1.23 bits per heavy atom. The molecular formula is C18H25FN4O2S. The van der Waals surface area contributed by atoms with Gasteiger partial charge in [0.15, 0.2) is 6.29 Å². The fraction of sp³-hybridized carbons (Fsp3) is 0.500. The van der Waals surface area contributed by atoms with Crippen molar-refractivity contribution in [1.29, 1.82) is 0 Å². The predicted molar refractivity (Wildman–Crippen MR) is 101 cm³/mol. The Bertz CT molecular complexity index is 741. The van der Waals surface area contributed by atoms with E-state index in [1.54, 1.807) is 22.7 Å². The van der Waals surface area contributed by atoms with Crippen molar-refractivity contribution < 1.29 is 12.8 Å². The van der Waals surface area contributed by atoms with E-state index in [4.69, 9.17) is 0 Å². The average Bonchev–Trinajstić information content (AvgIpc) is 2.67. The van der Waals surface area contributed by atoms with E-state index in [-0.39, 0.29) is 17.9 Å². The molecule has 142 valence electrons. The molecule has 2 N–H and O–H groups in total. The maximum absolute atomic E-state index is 12.9. The van der Waals surface area contributed by atoms with Crippen molar-refractivity contribution in [1.82, 2.24) is 14.9 Å². The molecule has 1 atom stereocenters. The second kappa shape index (κ2) is 8.75. The van der Waals surface area contributed by atoms with E-state index < -0.39 is 10.0 Å². The van der Waals surface area contributed by atoms with Crippen molar-refractivity contribution >= 4 is 16.2 Å². The first-order chi connectivity index (χ1) is 12.5. The van der Waals surface area contributed by atoms with E-state index in [1.807, 2.05) is 12.3 Å². The highest BCUT2D eigenvalue weighted by Gasteiger charge is 2.27. The van der Waals surface area contributed by atoms with E-state index in [9.17, 15) is 12.8 Å². The molecule has 2 aliphatic heterocycles. The zero-order chi connectivity index (χ0) is 18.4. The molecule has 0 aliphatic carbocycles. The van der Waals surface area contributed by atoms with Gasteiger partial charge in [-0.15, -0.1) is 0 Å². The zero-order valence-corrected chi connectivity index (χ0v) is 15.5. The van der Waals surface area contributed by atoms with Crippen LogP contribution < -0.4 is 10.6 Å². The molecule has 8 heteroatoms. The number of rotatable bonds is 7. The van der Waals surface area contributed by atoms with Gasteiger partial charge in [-0.3, -0.25) is 10.3 Å². The molecule has 1 fully saturated rings. The molecule has 1 saturated heterocycles. The molecule has 0 amide bonds. The van der Waals surface area contributed by atoms with Crippen LogP contribution in [0.5, 0.6) is 0 Å². The van der Waals surface area contributed by atoms with Gasteiger partial charge >= 0.3 is 0 Å². The maximum atomic E-state index is 12.9. The van der Waals surface area contributed by atoms with Gasteiger partial charge in [0.2, 0.25) is 10.0 Å². The molecule has 26 heavy (non-hydrogen) atoms. The number of halogens is 1. The van der Waals surface area contributed by atoms with Crippen LogP contribution in [0, 0.1) is 11.7 Å². The molecule has 6 nitrogen and oxygen atoms in total. The van der Waals surface area contributed by atoms with Crippen LogP contribution in [0.3, 0.4) is 0 Å². The fourth-order valence-corrected chi connectivity index (χ4v) is 4.70. The zero-order valence-electron chi connectivity index (χ0n) is 14.6. The summed E-state index contributed by atoms with van der Waals surface area (Å²) in [6.07, 6.45) is 7.43. The number of aryl methyl sites for hydroxylation is 1. The summed E-state index contributed by atoms with van der Waals surface area (Å²) >= 11 is 0. The lowest BCUT2D eigenvalue weighted by Crippen LogP contribution is -2.45. The van der Waals surface area contributed by atoms with E-state index in [0.717, 1.165) is 24.9 Å². The minimum atomic E-state index is -3.28. The van der Waals surface area contributed by atoms with E-state index >= 15 is 0 Å². The molecule has 2 aliphatic rings. The summed E-state index contributed by atoms with van der Waals surface area (Å²) in [5.74, 6) is 0.202. The first-order valence-corrected chi connectivity index (χ1v) is 10.5. The van der Waals surface area contributed by atoms with Gasteiger partial charge in [0, 0.05) is 32.0 Å². The topological polar surface area (TPSA) is 73.8 Å². The van der Waals surface area contributed by atoms with Gasteiger partial charge in [-0.25, -0.2) is 17.1 Å². The minimum Gasteiger partial charge on any atom is -0.358 e. The minimum absolute atomic E-state index is 0.0641. The van der Waals surface area contributed by atoms with Crippen molar-refractivity contribution in [2.45, 2.75) is 25.6 Å². The monoisotopic (exact) mass is 380 g/mol. The molecule has 1 aromatic carbocycles. The van der Waals surface area contributed by atoms with Gasteiger partial charge in [-0.2, -0.15) is 0 Å². The first-order valence-electron chi connectivity index (χ1n) is 8.93. The fourth-order valence-electron chi connectivity index (χ4n) is 3.18. The largest absolute Gasteiger partial charge is 0.358 e. The van der Waals surface area contributed by atoms with E-state index in [1.165, 1.54) is 12.1 Å². The highest BCUT2D eigenvalue weighted by molar-refractivity contribution is 7.89. The Morgan fingerprint density at radius 3 is 2.62 bits per heavy atom. The van der Waals surface area contributed by atoms with Crippen molar-refractivity contribution in [3.05, 3.63) is 47.9 Å². The normalized spacial score (nSPS) is 21.7. The number of sulfonamides is 1. The Labute approximate surface area is 154 Å². The maximum Gasteiger partial charge on any atom is 0.214 e. The Balaban J connectivity index is 1.42. The summed E-state index contributed by atoms with van der Waals surface area (Å²) in [4.78, 5) is 4.26. The van der Waals surface area contributed by atoms with Crippen molar-refractivity contribution in [2.75, 3.05) is 25.4 Å². The van der Waals surface area contributed by atoms with Crippen LogP contribution in [0.4, 0.5) is 4.39 Å². The number of hydrogen-bond acceptors (Lipinski definition) is 5. The molecule has 0 radical (unpaired) electrons. The molecule has 1 aromatic rings. The summed E-state index contributed by atoms with van der Waals surface area (Å²) in [5.41, 5.74) is 0.837. The van der Waals surface area contributed by atoms with Crippen LogP contribution >= 0.6 is 0 Å². The summed E-state index contributed by atoms with van der Waals surface area (Å²) in [6, 6.07) is 6.00. The van der Waals surface area contributed by atoms with Crippen LogP contribution in [0.15, 0.2) is 41.5 Å². The second-order valence-corrected chi connectivity index (χ2v) is 8.76. The summed E-state index contributed by atoms with van der Waals surface area (Å²) in [7, 11) is -3.28. The van der Waals surface area contributed by atoms with Crippen molar-refractivity contribution in [3.8, 4) is 0 Å². The molecular weight excluding hydrogens is 355 g/mol. The first kappa shape index (κ1) is 19.0. The smallest absolute Gasteiger partial charge is 0.214 e. The SMILES string of the molecule is O=S(=O)(CCc1ccc(F)cc1)N1CCC(CNC2N=CC=CN2)CC1. The second-order valence-electron chi connectivity index (χ2n) is 6.67. The van der Waals surface area contributed by atoms with Gasteiger partial charge in [0.05, 0.1) is 5.75 Å². The summed E-state index contributed by atoms with van der Waals surface area (Å²) < 4.78 is 39.6. The number of piperidine rings is 1. The third-order valence-corrected chi connectivity index (χ3v) is 6.67. The molecule has 0 bridgehead atoms. The number of allylic oxidation sites excluding steroid dienone is 1.